The predicted molar refractivity (Wildman–Crippen MR) is 59.0 cm³/mol. The molecule has 1 fully saturated rings. The summed E-state index contributed by atoms with van der Waals surface area (Å²) in [7, 11) is 0. The van der Waals surface area contributed by atoms with Gasteiger partial charge in [0, 0.05) is 24.0 Å². The summed E-state index contributed by atoms with van der Waals surface area (Å²) < 4.78 is 2.41. The first-order valence-corrected chi connectivity index (χ1v) is 5.82. The van der Waals surface area contributed by atoms with E-state index in [2.05, 4.69) is 29.0 Å². The van der Waals surface area contributed by atoms with Crippen molar-refractivity contribution in [3.63, 3.8) is 0 Å². The molecule has 2 heterocycles. The molecule has 3 rings (SSSR count). The lowest BCUT2D eigenvalue weighted by Gasteiger charge is -2.24. The van der Waals surface area contributed by atoms with Gasteiger partial charge in [-0.3, -0.25) is 0 Å². The van der Waals surface area contributed by atoms with Crippen LogP contribution in [0.25, 0.3) is 5.70 Å². The molecule has 0 aromatic carbocycles. The van der Waals surface area contributed by atoms with Gasteiger partial charge in [-0.25, -0.2) is 0 Å². The van der Waals surface area contributed by atoms with Crippen LogP contribution >= 0.6 is 0 Å². The quantitative estimate of drug-likeness (QED) is 0.634. The van der Waals surface area contributed by atoms with Crippen LogP contribution in [0.5, 0.6) is 0 Å². The molecule has 0 unspecified atom stereocenters. The number of fused-ring (bicyclic) bond motifs is 1. The number of nitrogens with zero attached hydrogens (tertiary/aromatic N) is 1. The second-order valence-electron chi connectivity index (χ2n) is 4.54. The van der Waals surface area contributed by atoms with Crippen molar-refractivity contribution in [1.82, 2.24) is 4.57 Å². The van der Waals surface area contributed by atoms with E-state index in [1.807, 2.05) is 0 Å². The number of allylic oxidation sites excluding steroid dienone is 2. The second kappa shape index (κ2) is 3.30. The molecule has 0 N–H and O–H groups in total. The van der Waals surface area contributed by atoms with E-state index < -0.39 is 0 Å². The van der Waals surface area contributed by atoms with E-state index in [9.17, 15) is 0 Å². The van der Waals surface area contributed by atoms with Crippen molar-refractivity contribution in [2.75, 3.05) is 0 Å². The molecule has 0 radical (unpaired) electrons. The first-order chi connectivity index (χ1) is 6.95. The van der Waals surface area contributed by atoms with Crippen molar-refractivity contribution in [2.45, 2.75) is 38.5 Å². The van der Waals surface area contributed by atoms with Crippen molar-refractivity contribution in [2.24, 2.45) is 5.92 Å². The van der Waals surface area contributed by atoms with Crippen LogP contribution in [0, 0.1) is 5.92 Å². The second-order valence-corrected chi connectivity index (χ2v) is 4.54. The third-order valence-corrected chi connectivity index (χ3v) is 3.66. The maximum absolute atomic E-state index is 2.44. The first-order valence-electron chi connectivity index (χ1n) is 5.82. The highest BCUT2D eigenvalue weighted by Gasteiger charge is 2.22. The molecule has 1 saturated carbocycles. The van der Waals surface area contributed by atoms with Crippen LogP contribution < -0.4 is 0 Å². The number of rotatable bonds is 1. The van der Waals surface area contributed by atoms with E-state index in [4.69, 9.17) is 0 Å². The summed E-state index contributed by atoms with van der Waals surface area (Å²) in [6.45, 7) is 0. The average Bonchev–Trinajstić information content (AvgIpc) is 2.79. The number of aromatic nitrogens is 1. The van der Waals surface area contributed by atoms with Gasteiger partial charge in [0.15, 0.2) is 0 Å². The minimum atomic E-state index is 0.845. The van der Waals surface area contributed by atoms with Gasteiger partial charge in [0.25, 0.3) is 0 Å². The Balaban J connectivity index is 1.86. The standard InChI is InChI=1S/C13H17N/c1-2-5-11(6-3-1)13-9-8-12-7-4-10-14(12)13/h4,7,9-11H,1-3,5-6,8H2. The number of hydrogen-bond donors (Lipinski definition) is 0. The molecule has 0 spiro atoms. The van der Waals surface area contributed by atoms with Gasteiger partial charge in [0.05, 0.1) is 0 Å². The van der Waals surface area contributed by atoms with Crippen LogP contribution in [-0.2, 0) is 6.42 Å². The van der Waals surface area contributed by atoms with Gasteiger partial charge in [-0.1, -0.05) is 25.3 Å². The molecule has 1 nitrogen and oxygen atoms in total. The first kappa shape index (κ1) is 8.34. The van der Waals surface area contributed by atoms with Gasteiger partial charge in [-0.05, 0) is 30.9 Å². The highest BCUT2D eigenvalue weighted by molar-refractivity contribution is 5.55. The van der Waals surface area contributed by atoms with Gasteiger partial charge in [0.2, 0.25) is 0 Å². The van der Waals surface area contributed by atoms with E-state index in [0.717, 1.165) is 12.3 Å². The zero-order valence-corrected chi connectivity index (χ0v) is 8.58. The van der Waals surface area contributed by atoms with Gasteiger partial charge in [0.1, 0.15) is 0 Å². The molecule has 1 aromatic heterocycles. The van der Waals surface area contributed by atoms with Crippen LogP contribution in [0.2, 0.25) is 0 Å². The SMILES string of the molecule is C1=C(C2CCCCC2)n2cccc2C1. The molecule has 1 aliphatic carbocycles. The molecule has 0 atom stereocenters. The lowest BCUT2D eigenvalue weighted by Crippen LogP contribution is -2.11. The Labute approximate surface area is 85.4 Å². The molecular weight excluding hydrogens is 170 g/mol. The molecule has 1 aliphatic heterocycles. The highest BCUT2D eigenvalue weighted by atomic mass is 15.0. The number of hydrogen-bond acceptors (Lipinski definition) is 0. The van der Waals surface area contributed by atoms with Crippen molar-refractivity contribution < 1.29 is 0 Å². The maximum atomic E-state index is 2.44. The van der Waals surface area contributed by atoms with E-state index in [-0.39, 0.29) is 0 Å². The molecular formula is C13H17N. The van der Waals surface area contributed by atoms with E-state index in [1.54, 1.807) is 5.70 Å². The monoisotopic (exact) mass is 187 g/mol. The van der Waals surface area contributed by atoms with Gasteiger partial charge < -0.3 is 4.57 Å². The molecule has 0 amide bonds. The Bertz CT molecular complexity index is 353. The molecule has 2 aliphatic rings. The van der Waals surface area contributed by atoms with Crippen molar-refractivity contribution in [3.8, 4) is 0 Å². The van der Waals surface area contributed by atoms with Gasteiger partial charge in [-0.2, -0.15) is 0 Å². The fourth-order valence-corrected chi connectivity index (χ4v) is 2.90. The van der Waals surface area contributed by atoms with Crippen molar-refractivity contribution in [1.29, 1.82) is 0 Å². The van der Waals surface area contributed by atoms with E-state index >= 15 is 0 Å². The normalized spacial score (nSPS) is 22.1. The van der Waals surface area contributed by atoms with Crippen LogP contribution in [0.4, 0.5) is 0 Å². The Morgan fingerprint density at radius 3 is 2.86 bits per heavy atom. The Morgan fingerprint density at radius 2 is 2.00 bits per heavy atom. The fourth-order valence-electron chi connectivity index (χ4n) is 2.90. The average molecular weight is 187 g/mol. The largest absolute Gasteiger partial charge is 0.324 e. The molecule has 0 saturated heterocycles. The zero-order valence-electron chi connectivity index (χ0n) is 8.58. The summed E-state index contributed by atoms with van der Waals surface area (Å²) in [4.78, 5) is 0. The van der Waals surface area contributed by atoms with Crippen LogP contribution in [0.15, 0.2) is 24.4 Å². The highest BCUT2D eigenvalue weighted by Crippen LogP contribution is 2.35. The zero-order chi connectivity index (χ0) is 9.38. The van der Waals surface area contributed by atoms with E-state index in [1.165, 1.54) is 37.8 Å². The lowest BCUT2D eigenvalue weighted by atomic mass is 9.87. The van der Waals surface area contributed by atoms with Crippen LogP contribution in [0.1, 0.15) is 37.8 Å². The van der Waals surface area contributed by atoms with E-state index in [0.29, 0.717) is 0 Å². The predicted octanol–water partition coefficient (Wildman–Crippen LogP) is 3.47. The third-order valence-electron chi connectivity index (χ3n) is 3.66. The Kier molecular flexibility index (Phi) is 1.97. The fraction of sp³-hybridized carbons (Fsp3) is 0.538. The Morgan fingerprint density at radius 1 is 1.14 bits per heavy atom. The molecule has 0 bridgehead atoms. The topological polar surface area (TPSA) is 4.93 Å². The summed E-state index contributed by atoms with van der Waals surface area (Å²) in [5, 5.41) is 0. The van der Waals surface area contributed by atoms with Gasteiger partial charge in [-0.15, -0.1) is 0 Å². The summed E-state index contributed by atoms with van der Waals surface area (Å²) in [6, 6.07) is 4.41. The molecule has 14 heavy (non-hydrogen) atoms. The van der Waals surface area contributed by atoms with Crippen LogP contribution in [0.3, 0.4) is 0 Å². The van der Waals surface area contributed by atoms with Crippen molar-refractivity contribution >= 4 is 5.70 Å². The third kappa shape index (κ3) is 1.23. The lowest BCUT2D eigenvalue weighted by molar-refractivity contribution is 0.421. The summed E-state index contributed by atoms with van der Waals surface area (Å²) in [5.41, 5.74) is 3.07. The van der Waals surface area contributed by atoms with Gasteiger partial charge >= 0.3 is 0 Å². The molecule has 74 valence electrons. The Hall–Kier alpha value is -0.980. The maximum Gasteiger partial charge on any atom is 0.0262 e. The minimum Gasteiger partial charge on any atom is -0.324 e. The van der Waals surface area contributed by atoms with Crippen LogP contribution in [-0.4, -0.2) is 4.57 Å². The summed E-state index contributed by atoms with van der Waals surface area (Å²) in [6.07, 6.45) is 12.9. The summed E-state index contributed by atoms with van der Waals surface area (Å²) in [5.74, 6) is 0.845. The molecule has 1 aromatic rings. The minimum absolute atomic E-state index is 0.845. The summed E-state index contributed by atoms with van der Waals surface area (Å²) >= 11 is 0. The molecule has 1 heteroatoms. The van der Waals surface area contributed by atoms with Crippen molar-refractivity contribution in [3.05, 3.63) is 30.1 Å². The smallest absolute Gasteiger partial charge is 0.0262 e.